The standard InChI is InChI=1S/C22H34O/c1-3-4-5-16-7-11-21-20-9-6-15-14-17(23)8-10-18(15)19(20)12-13-22(16,21)2/h5,17,19-21,23H,3-4,6-14H2,1-2H3/t17-,19+,20+,21-,22+/m0/s1. The number of aliphatic hydroxyl groups excluding tert-OH is 1. The van der Waals surface area contributed by atoms with Gasteiger partial charge in [0.25, 0.3) is 0 Å². The third-order valence-electron chi connectivity index (χ3n) is 7.87. The minimum Gasteiger partial charge on any atom is -0.393 e. The molecule has 0 aromatic rings. The van der Waals surface area contributed by atoms with E-state index in [4.69, 9.17) is 0 Å². The zero-order valence-electron chi connectivity index (χ0n) is 15.1. The van der Waals surface area contributed by atoms with Crippen molar-refractivity contribution in [1.29, 1.82) is 0 Å². The van der Waals surface area contributed by atoms with Gasteiger partial charge in [-0.1, -0.05) is 43.1 Å². The lowest BCUT2D eigenvalue weighted by atomic mass is 9.54. The SMILES string of the molecule is CCCC=C1CC[C@H]2[C@@H]3CCC4=C(CC[C@H](O)C4)[C@H]3CC[C@]12C. The summed E-state index contributed by atoms with van der Waals surface area (Å²) in [6.45, 7) is 4.90. The van der Waals surface area contributed by atoms with Gasteiger partial charge < -0.3 is 5.11 Å². The van der Waals surface area contributed by atoms with Crippen molar-refractivity contribution < 1.29 is 5.11 Å². The molecule has 2 saturated carbocycles. The molecule has 128 valence electrons. The molecule has 0 aromatic carbocycles. The van der Waals surface area contributed by atoms with Gasteiger partial charge >= 0.3 is 0 Å². The molecule has 1 N–H and O–H groups in total. The summed E-state index contributed by atoms with van der Waals surface area (Å²) in [7, 11) is 0. The Labute approximate surface area is 142 Å². The number of aliphatic hydroxyl groups is 1. The van der Waals surface area contributed by atoms with Gasteiger partial charge in [-0.15, -0.1) is 0 Å². The molecule has 0 spiro atoms. The number of hydrogen-bond acceptors (Lipinski definition) is 1. The molecule has 23 heavy (non-hydrogen) atoms. The van der Waals surface area contributed by atoms with Crippen LogP contribution in [0.15, 0.2) is 22.8 Å². The van der Waals surface area contributed by atoms with Gasteiger partial charge in [-0.2, -0.15) is 0 Å². The number of fused-ring (bicyclic) bond motifs is 4. The smallest absolute Gasteiger partial charge is 0.0580 e. The molecule has 0 heterocycles. The number of allylic oxidation sites excluding steroid dienone is 3. The van der Waals surface area contributed by atoms with E-state index in [1.807, 2.05) is 5.57 Å². The Bertz CT molecular complexity index is 528. The molecule has 4 rings (SSSR count). The highest BCUT2D eigenvalue weighted by molar-refractivity contribution is 5.30. The van der Waals surface area contributed by atoms with Crippen LogP contribution in [0.2, 0.25) is 0 Å². The first-order valence-corrected chi connectivity index (χ1v) is 10.2. The maximum Gasteiger partial charge on any atom is 0.0580 e. The van der Waals surface area contributed by atoms with Gasteiger partial charge in [0.2, 0.25) is 0 Å². The van der Waals surface area contributed by atoms with Crippen LogP contribution in [0.3, 0.4) is 0 Å². The van der Waals surface area contributed by atoms with Crippen LogP contribution < -0.4 is 0 Å². The molecule has 0 bridgehead atoms. The maximum atomic E-state index is 10.0. The van der Waals surface area contributed by atoms with E-state index in [0.29, 0.717) is 5.41 Å². The molecule has 0 saturated heterocycles. The number of hydrogen-bond donors (Lipinski definition) is 1. The Balaban J connectivity index is 1.59. The normalized spacial score (nSPS) is 44.9. The molecule has 5 atom stereocenters. The Kier molecular flexibility index (Phi) is 4.20. The van der Waals surface area contributed by atoms with Crippen molar-refractivity contribution in [2.24, 2.45) is 23.2 Å². The fourth-order valence-corrected chi connectivity index (χ4v) is 6.69. The van der Waals surface area contributed by atoms with E-state index in [0.717, 1.165) is 30.6 Å². The summed E-state index contributed by atoms with van der Waals surface area (Å²) in [5.74, 6) is 2.75. The van der Waals surface area contributed by atoms with Gasteiger partial charge in [0, 0.05) is 0 Å². The lowest BCUT2D eigenvalue weighted by Gasteiger charge is -2.51. The summed E-state index contributed by atoms with van der Waals surface area (Å²) < 4.78 is 0. The van der Waals surface area contributed by atoms with E-state index >= 15 is 0 Å². The summed E-state index contributed by atoms with van der Waals surface area (Å²) in [4.78, 5) is 0. The average molecular weight is 315 g/mol. The van der Waals surface area contributed by atoms with Crippen LogP contribution in [0.4, 0.5) is 0 Å². The highest BCUT2D eigenvalue weighted by Crippen LogP contribution is 2.63. The van der Waals surface area contributed by atoms with Crippen LogP contribution in [-0.2, 0) is 0 Å². The van der Waals surface area contributed by atoms with Gasteiger partial charge in [-0.25, -0.2) is 0 Å². The van der Waals surface area contributed by atoms with E-state index in [1.165, 1.54) is 57.8 Å². The van der Waals surface area contributed by atoms with Crippen LogP contribution in [0.1, 0.15) is 84.5 Å². The molecule has 1 heteroatoms. The van der Waals surface area contributed by atoms with Crippen molar-refractivity contribution in [1.82, 2.24) is 0 Å². The fourth-order valence-electron chi connectivity index (χ4n) is 6.69. The molecular weight excluding hydrogens is 280 g/mol. The lowest BCUT2D eigenvalue weighted by molar-refractivity contribution is 0.0543. The molecule has 0 amide bonds. The van der Waals surface area contributed by atoms with Gasteiger partial charge in [-0.05, 0) is 87.4 Å². The van der Waals surface area contributed by atoms with Gasteiger partial charge in [0.1, 0.15) is 0 Å². The van der Waals surface area contributed by atoms with Gasteiger partial charge in [0.05, 0.1) is 6.10 Å². The van der Waals surface area contributed by atoms with Crippen LogP contribution in [0.25, 0.3) is 0 Å². The summed E-state index contributed by atoms with van der Waals surface area (Å²) in [6.07, 6.45) is 16.6. The Hall–Kier alpha value is -0.560. The highest BCUT2D eigenvalue weighted by atomic mass is 16.3. The van der Waals surface area contributed by atoms with Gasteiger partial charge in [0.15, 0.2) is 0 Å². The van der Waals surface area contributed by atoms with Crippen molar-refractivity contribution in [3.8, 4) is 0 Å². The van der Waals surface area contributed by atoms with Crippen molar-refractivity contribution in [2.45, 2.75) is 90.6 Å². The largest absolute Gasteiger partial charge is 0.393 e. The first-order valence-electron chi connectivity index (χ1n) is 10.2. The minimum atomic E-state index is -0.0470. The van der Waals surface area contributed by atoms with Gasteiger partial charge in [-0.3, -0.25) is 0 Å². The highest BCUT2D eigenvalue weighted by Gasteiger charge is 2.52. The molecule has 0 aliphatic heterocycles. The van der Waals surface area contributed by atoms with Crippen molar-refractivity contribution in [2.75, 3.05) is 0 Å². The Morgan fingerprint density at radius 3 is 2.83 bits per heavy atom. The molecule has 4 aliphatic carbocycles. The summed E-state index contributed by atoms with van der Waals surface area (Å²) in [6, 6.07) is 0. The molecule has 0 aromatic heterocycles. The molecule has 0 radical (unpaired) electrons. The van der Waals surface area contributed by atoms with Crippen LogP contribution in [0, 0.1) is 23.2 Å². The van der Waals surface area contributed by atoms with E-state index in [2.05, 4.69) is 19.9 Å². The first-order chi connectivity index (χ1) is 11.1. The zero-order valence-corrected chi connectivity index (χ0v) is 15.1. The van der Waals surface area contributed by atoms with E-state index in [9.17, 15) is 5.11 Å². The molecule has 2 fully saturated rings. The van der Waals surface area contributed by atoms with Crippen molar-refractivity contribution in [3.05, 3.63) is 22.8 Å². The number of rotatable bonds is 2. The molecular formula is C22H34O. The Morgan fingerprint density at radius 1 is 1.13 bits per heavy atom. The van der Waals surface area contributed by atoms with E-state index in [-0.39, 0.29) is 6.10 Å². The third-order valence-corrected chi connectivity index (χ3v) is 7.87. The molecule has 0 unspecified atom stereocenters. The fraction of sp³-hybridized carbons (Fsp3) is 0.818. The van der Waals surface area contributed by atoms with E-state index in [1.54, 1.807) is 11.1 Å². The second-order valence-corrected chi connectivity index (χ2v) is 8.95. The molecule has 4 aliphatic rings. The third kappa shape index (κ3) is 2.54. The minimum absolute atomic E-state index is 0.0470. The van der Waals surface area contributed by atoms with Crippen LogP contribution in [0.5, 0.6) is 0 Å². The molecule has 1 nitrogen and oxygen atoms in total. The van der Waals surface area contributed by atoms with Crippen LogP contribution in [-0.4, -0.2) is 11.2 Å². The lowest BCUT2D eigenvalue weighted by Crippen LogP contribution is -2.42. The zero-order chi connectivity index (χ0) is 16.0. The summed E-state index contributed by atoms with van der Waals surface area (Å²) in [5, 5.41) is 10.0. The second-order valence-electron chi connectivity index (χ2n) is 8.95. The quantitative estimate of drug-likeness (QED) is 0.639. The maximum absolute atomic E-state index is 10.0. The average Bonchev–Trinajstić information content (AvgIpc) is 2.89. The monoisotopic (exact) mass is 314 g/mol. The van der Waals surface area contributed by atoms with Crippen LogP contribution >= 0.6 is 0 Å². The predicted molar refractivity (Wildman–Crippen MR) is 96.2 cm³/mol. The first kappa shape index (κ1) is 15.9. The summed E-state index contributed by atoms with van der Waals surface area (Å²) >= 11 is 0. The number of unbranched alkanes of at least 4 members (excludes halogenated alkanes) is 1. The van der Waals surface area contributed by atoms with E-state index < -0.39 is 0 Å². The van der Waals surface area contributed by atoms with Crippen molar-refractivity contribution >= 4 is 0 Å². The Morgan fingerprint density at radius 2 is 2.00 bits per heavy atom. The van der Waals surface area contributed by atoms with Crippen molar-refractivity contribution in [3.63, 3.8) is 0 Å². The second kappa shape index (κ2) is 6.06. The predicted octanol–water partition coefficient (Wildman–Crippen LogP) is 5.79. The summed E-state index contributed by atoms with van der Waals surface area (Å²) in [5.41, 5.74) is 5.79. The topological polar surface area (TPSA) is 20.2 Å².